The van der Waals surface area contributed by atoms with Crippen molar-refractivity contribution in [1.29, 1.82) is 0 Å². The van der Waals surface area contributed by atoms with Gasteiger partial charge >= 0.3 is 0 Å². The molecule has 1 amide bonds. The number of hydrogen-bond donors (Lipinski definition) is 3. The van der Waals surface area contributed by atoms with E-state index >= 15 is 0 Å². The van der Waals surface area contributed by atoms with Gasteiger partial charge in [-0.25, -0.2) is 0 Å². The van der Waals surface area contributed by atoms with Crippen molar-refractivity contribution >= 4 is 5.91 Å². The number of hydrogen-bond acceptors (Lipinski definition) is 2. The van der Waals surface area contributed by atoms with Crippen molar-refractivity contribution in [3.63, 3.8) is 0 Å². The Hall–Kier alpha value is -1.29. The molecule has 4 heteroatoms. The van der Waals surface area contributed by atoms with E-state index in [1.807, 2.05) is 6.92 Å². The third kappa shape index (κ3) is 2.91. The van der Waals surface area contributed by atoms with Crippen LogP contribution in [-0.2, 0) is 0 Å². The summed E-state index contributed by atoms with van der Waals surface area (Å²) in [7, 11) is 0. The zero-order chi connectivity index (χ0) is 9.68. The van der Waals surface area contributed by atoms with E-state index in [9.17, 15) is 4.79 Å². The lowest BCUT2D eigenvalue weighted by Gasteiger charge is -2.10. The number of aromatic amines is 1. The molecule has 4 nitrogen and oxygen atoms in total. The Kier molecular flexibility index (Phi) is 3.52. The first-order chi connectivity index (χ1) is 6.24. The van der Waals surface area contributed by atoms with Gasteiger partial charge in [-0.15, -0.1) is 0 Å². The van der Waals surface area contributed by atoms with Gasteiger partial charge in [0.1, 0.15) is 5.69 Å². The van der Waals surface area contributed by atoms with Gasteiger partial charge in [0, 0.05) is 18.8 Å². The average Bonchev–Trinajstić information content (AvgIpc) is 2.55. The molecular formula is C9H14N2O2. The number of H-pyrrole nitrogens is 1. The maximum absolute atomic E-state index is 11.4. The first kappa shape index (κ1) is 9.80. The summed E-state index contributed by atoms with van der Waals surface area (Å²) in [6, 6.07) is 3.48. The van der Waals surface area contributed by atoms with Crippen LogP contribution in [0.25, 0.3) is 0 Å². The fourth-order valence-corrected chi connectivity index (χ4v) is 1.04. The van der Waals surface area contributed by atoms with Crippen LogP contribution in [0.1, 0.15) is 23.8 Å². The lowest BCUT2D eigenvalue weighted by molar-refractivity contribution is 0.0930. The van der Waals surface area contributed by atoms with Gasteiger partial charge in [0.2, 0.25) is 0 Å². The van der Waals surface area contributed by atoms with E-state index in [0.717, 1.165) is 0 Å². The Labute approximate surface area is 77.0 Å². The van der Waals surface area contributed by atoms with Crippen molar-refractivity contribution in [1.82, 2.24) is 10.3 Å². The number of carbonyl (C=O) groups excluding carboxylic acids is 1. The highest BCUT2D eigenvalue weighted by Gasteiger charge is 2.08. The van der Waals surface area contributed by atoms with Gasteiger partial charge in [-0.3, -0.25) is 4.79 Å². The van der Waals surface area contributed by atoms with E-state index in [-0.39, 0.29) is 18.6 Å². The molecule has 1 aromatic rings. The van der Waals surface area contributed by atoms with Gasteiger partial charge in [0.05, 0.1) is 0 Å². The van der Waals surface area contributed by atoms with Gasteiger partial charge in [-0.1, -0.05) is 0 Å². The Morgan fingerprint density at radius 2 is 2.54 bits per heavy atom. The smallest absolute Gasteiger partial charge is 0.267 e. The first-order valence-electron chi connectivity index (χ1n) is 4.29. The topological polar surface area (TPSA) is 65.1 Å². The Balaban J connectivity index is 2.42. The summed E-state index contributed by atoms with van der Waals surface area (Å²) in [5, 5.41) is 11.4. The molecule has 0 saturated heterocycles. The summed E-state index contributed by atoms with van der Waals surface area (Å²) < 4.78 is 0. The van der Waals surface area contributed by atoms with Crippen LogP contribution in [0.4, 0.5) is 0 Å². The summed E-state index contributed by atoms with van der Waals surface area (Å²) >= 11 is 0. The second kappa shape index (κ2) is 4.67. The highest BCUT2D eigenvalue weighted by atomic mass is 16.3. The van der Waals surface area contributed by atoms with E-state index in [4.69, 9.17) is 5.11 Å². The zero-order valence-electron chi connectivity index (χ0n) is 7.58. The molecule has 0 aromatic carbocycles. The lowest BCUT2D eigenvalue weighted by Crippen LogP contribution is -2.33. The third-order valence-electron chi connectivity index (χ3n) is 1.78. The summed E-state index contributed by atoms with van der Waals surface area (Å²) in [6.07, 6.45) is 2.28. The van der Waals surface area contributed by atoms with Crippen LogP contribution in [0, 0.1) is 0 Å². The third-order valence-corrected chi connectivity index (χ3v) is 1.78. The second-order valence-corrected chi connectivity index (χ2v) is 2.97. The number of aliphatic hydroxyl groups is 1. The number of aliphatic hydroxyl groups excluding tert-OH is 1. The summed E-state index contributed by atoms with van der Waals surface area (Å²) in [4.78, 5) is 14.2. The molecule has 1 atom stereocenters. The van der Waals surface area contributed by atoms with Gasteiger partial charge in [0.25, 0.3) is 5.91 Å². The molecule has 0 fully saturated rings. The van der Waals surface area contributed by atoms with Crippen LogP contribution < -0.4 is 5.32 Å². The molecule has 0 radical (unpaired) electrons. The molecular weight excluding hydrogens is 168 g/mol. The van der Waals surface area contributed by atoms with E-state index in [2.05, 4.69) is 10.3 Å². The number of rotatable bonds is 4. The molecule has 0 aliphatic heterocycles. The molecule has 0 aliphatic rings. The number of nitrogens with one attached hydrogen (secondary N) is 2. The molecule has 1 rings (SSSR count). The Morgan fingerprint density at radius 3 is 3.08 bits per heavy atom. The molecule has 1 heterocycles. The minimum absolute atomic E-state index is 0.000741. The number of carbonyl (C=O) groups is 1. The van der Waals surface area contributed by atoms with Crippen molar-refractivity contribution in [2.24, 2.45) is 0 Å². The monoisotopic (exact) mass is 182 g/mol. The predicted molar refractivity (Wildman–Crippen MR) is 49.4 cm³/mol. The minimum Gasteiger partial charge on any atom is -0.396 e. The van der Waals surface area contributed by atoms with E-state index < -0.39 is 0 Å². The predicted octanol–water partition coefficient (Wildman–Crippen LogP) is 0.515. The summed E-state index contributed by atoms with van der Waals surface area (Å²) in [5.41, 5.74) is 0.546. The number of amides is 1. The largest absolute Gasteiger partial charge is 0.396 e. The molecule has 1 aromatic heterocycles. The van der Waals surface area contributed by atoms with E-state index in [0.29, 0.717) is 12.1 Å². The highest BCUT2D eigenvalue weighted by molar-refractivity contribution is 5.92. The molecule has 0 bridgehead atoms. The first-order valence-corrected chi connectivity index (χ1v) is 4.29. The van der Waals surface area contributed by atoms with Crippen molar-refractivity contribution in [3.8, 4) is 0 Å². The van der Waals surface area contributed by atoms with Gasteiger partial charge in [-0.2, -0.15) is 0 Å². The number of aromatic nitrogens is 1. The van der Waals surface area contributed by atoms with Gasteiger partial charge in [0.15, 0.2) is 0 Å². The molecule has 0 saturated carbocycles. The van der Waals surface area contributed by atoms with Gasteiger partial charge < -0.3 is 15.4 Å². The standard InChI is InChI=1S/C9H14N2O2/c1-7(4-6-12)11-9(13)8-3-2-5-10-8/h2-3,5,7,10,12H,4,6H2,1H3,(H,11,13). The van der Waals surface area contributed by atoms with Crippen molar-refractivity contribution in [2.75, 3.05) is 6.61 Å². The fraction of sp³-hybridized carbons (Fsp3) is 0.444. The normalized spacial score (nSPS) is 12.5. The second-order valence-electron chi connectivity index (χ2n) is 2.97. The van der Waals surface area contributed by atoms with Crippen LogP contribution >= 0.6 is 0 Å². The minimum atomic E-state index is -0.133. The lowest BCUT2D eigenvalue weighted by atomic mass is 10.2. The highest BCUT2D eigenvalue weighted by Crippen LogP contribution is 1.96. The van der Waals surface area contributed by atoms with Crippen molar-refractivity contribution < 1.29 is 9.90 Å². The maximum Gasteiger partial charge on any atom is 0.267 e. The molecule has 1 unspecified atom stereocenters. The SMILES string of the molecule is CC(CCO)NC(=O)c1ccc[nH]1. The summed E-state index contributed by atoms with van der Waals surface area (Å²) in [6.45, 7) is 1.95. The Bertz CT molecular complexity index is 257. The van der Waals surface area contributed by atoms with Crippen LogP contribution in [0.15, 0.2) is 18.3 Å². The molecule has 72 valence electrons. The van der Waals surface area contributed by atoms with Crippen LogP contribution in [0.5, 0.6) is 0 Å². The van der Waals surface area contributed by atoms with Crippen molar-refractivity contribution in [2.45, 2.75) is 19.4 Å². The average molecular weight is 182 g/mol. The summed E-state index contributed by atoms with van der Waals surface area (Å²) in [5.74, 6) is -0.133. The quantitative estimate of drug-likeness (QED) is 0.635. The van der Waals surface area contributed by atoms with E-state index in [1.54, 1.807) is 18.3 Å². The fourth-order valence-electron chi connectivity index (χ4n) is 1.04. The van der Waals surface area contributed by atoms with E-state index in [1.165, 1.54) is 0 Å². The molecule has 3 N–H and O–H groups in total. The van der Waals surface area contributed by atoms with Crippen LogP contribution in [0.3, 0.4) is 0 Å². The maximum atomic E-state index is 11.4. The van der Waals surface area contributed by atoms with Crippen LogP contribution in [-0.4, -0.2) is 28.6 Å². The Morgan fingerprint density at radius 1 is 1.77 bits per heavy atom. The van der Waals surface area contributed by atoms with Crippen molar-refractivity contribution in [3.05, 3.63) is 24.0 Å². The van der Waals surface area contributed by atoms with Crippen LogP contribution in [0.2, 0.25) is 0 Å². The zero-order valence-corrected chi connectivity index (χ0v) is 7.58. The molecule has 13 heavy (non-hydrogen) atoms. The molecule has 0 aliphatic carbocycles. The van der Waals surface area contributed by atoms with Gasteiger partial charge in [-0.05, 0) is 25.5 Å². The molecule has 0 spiro atoms.